The van der Waals surface area contributed by atoms with Gasteiger partial charge in [-0.2, -0.15) is 0 Å². The van der Waals surface area contributed by atoms with Crippen LogP contribution < -0.4 is 0 Å². The van der Waals surface area contributed by atoms with Gasteiger partial charge in [0.2, 0.25) is 0 Å². The summed E-state index contributed by atoms with van der Waals surface area (Å²) >= 11 is 18.4. The van der Waals surface area contributed by atoms with Gasteiger partial charge in [0.25, 0.3) is 0 Å². The van der Waals surface area contributed by atoms with Crippen molar-refractivity contribution in [2.75, 3.05) is 7.11 Å². The number of benzene rings is 2. The molecular formula is C24H20Cl3NO3. The Morgan fingerprint density at radius 1 is 1.00 bits per heavy atom. The molecule has 0 spiro atoms. The Morgan fingerprint density at radius 3 is 2.32 bits per heavy atom. The third-order valence-corrected chi connectivity index (χ3v) is 6.98. The van der Waals surface area contributed by atoms with E-state index < -0.39 is 17.8 Å². The second-order valence-electron chi connectivity index (χ2n) is 7.85. The average molecular weight is 477 g/mol. The molecule has 0 aromatic heterocycles. The van der Waals surface area contributed by atoms with Gasteiger partial charge in [-0.25, -0.2) is 0 Å². The molecular weight excluding hydrogens is 457 g/mol. The Bertz CT molecular complexity index is 1120. The lowest BCUT2D eigenvalue weighted by atomic mass is 9.69. The van der Waals surface area contributed by atoms with Gasteiger partial charge in [0.15, 0.2) is 5.78 Å². The molecule has 0 N–H and O–H groups in total. The zero-order valence-electron chi connectivity index (χ0n) is 17.0. The van der Waals surface area contributed by atoms with E-state index >= 15 is 0 Å². The SMILES string of the molecule is COC(=O)C1C(C)=NC2=C(C(=O)C[C@@H](c3ccc(Cl)cc3)C2)[C@H]1c1ccc(Cl)c(Cl)c1. The first-order valence-electron chi connectivity index (χ1n) is 9.89. The second-order valence-corrected chi connectivity index (χ2v) is 9.10. The molecule has 1 unspecified atom stereocenters. The minimum atomic E-state index is -0.697. The number of halogens is 3. The van der Waals surface area contributed by atoms with Gasteiger partial charge < -0.3 is 4.74 Å². The summed E-state index contributed by atoms with van der Waals surface area (Å²) in [6.45, 7) is 1.80. The van der Waals surface area contributed by atoms with Crippen LogP contribution in [0.3, 0.4) is 0 Å². The van der Waals surface area contributed by atoms with Crippen LogP contribution in [0.5, 0.6) is 0 Å². The van der Waals surface area contributed by atoms with Gasteiger partial charge >= 0.3 is 5.97 Å². The van der Waals surface area contributed by atoms with Gasteiger partial charge in [-0.05, 0) is 54.7 Å². The number of ether oxygens (including phenoxy) is 1. The van der Waals surface area contributed by atoms with E-state index in [1.165, 1.54) is 7.11 Å². The van der Waals surface area contributed by atoms with E-state index in [9.17, 15) is 9.59 Å². The Kier molecular flexibility index (Phi) is 6.25. The molecule has 0 saturated carbocycles. The van der Waals surface area contributed by atoms with Crippen molar-refractivity contribution in [1.82, 2.24) is 0 Å². The topological polar surface area (TPSA) is 55.7 Å². The highest BCUT2D eigenvalue weighted by Gasteiger charge is 2.44. The lowest BCUT2D eigenvalue weighted by molar-refractivity contribution is -0.143. The summed E-state index contributed by atoms with van der Waals surface area (Å²) in [6, 6.07) is 12.7. The molecule has 4 rings (SSSR count). The van der Waals surface area contributed by atoms with Crippen molar-refractivity contribution in [2.45, 2.75) is 31.6 Å². The molecule has 0 amide bonds. The van der Waals surface area contributed by atoms with Crippen LogP contribution in [0.4, 0.5) is 0 Å². The van der Waals surface area contributed by atoms with Crippen LogP contribution in [0, 0.1) is 5.92 Å². The van der Waals surface area contributed by atoms with Crippen LogP contribution in [-0.2, 0) is 14.3 Å². The number of carbonyl (C=O) groups excluding carboxylic acids is 2. The number of hydrogen-bond acceptors (Lipinski definition) is 4. The van der Waals surface area contributed by atoms with Crippen molar-refractivity contribution >= 4 is 52.3 Å². The number of nitrogens with zero attached hydrogens (tertiary/aromatic N) is 1. The number of hydrogen-bond donors (Lipinski definition) is 0. The number of carbonyl (C=O) groups is 2. The van der Waals surface area contributed by atoms with Crippen molar-refractivity contribution in [2.24, 2.45) is 10.9 Å². The predicted octanol–water partition coefficient (Wildman–Crippen LogP) is 6.39. The monoisotopic (exact) mass is 475 g/mol. The summed E-state index contributed by atoms with van der Waals surface area (Å²) in [6.07, 6.45) is 0.937. The molecule has 160 valence electrons. The number of rotatable bonds is 3. The number of Topliss-reactive ketones (excluding diaryl/α,β-unsaturated/α-hetero) is 1. The third-order valence-electron chi connectivity index (χ3n) is 5.99. The van der Waals surface area contributed by atoms with Crippen LogP contribution >= 0.6 is 34.8 Å². The van der Waals surface area contributed by atoms with E-state index in [4.69, 9.17) is 44.5 Å². The van der Waals surface area contributed by atoms with Crippen LogP contribution in [0.15, 0.2) is 58.7 Å². The summed E-state index contributed by atoms with van der Waals surface area (Å²) in [5.41, 5.74) is 3.67. The Morgan fingerprint density at radius 2 is 1.68 bits per heavy atom. The maximum absolute atomic E-state index is 13.4. The zero-order valence-corrected chi connectivity index (χ0v) is 19.3. The first-order chi connectivity index (χ1) is 14.8. The third kappa shape index (κ3) is 4.17. The molecule has 0 fully saturated rings. The molecule has 2 aromatic rings. The van der Waals surface area contributed by atoms with Crippen LogP contribution in [-0.4, -0.2) is 24.6 Å². The van der Waals surface area contributed by atoms with E-state index in [1.807, 2.05) is 24.3 Å². The number of ketones is 1. The van der Waals surface area contributed by atoms with E-state index in [1.54, 1.807) is 25.1 Å². The fraction of sp³-hybridized carbons (Fsp3) is 0.292. The summed E-state index contributed by atoms with van der Waals surface area (Å²) in [5.74, 6) is -1.67. The van der Waals surface area contributed by atoms with E-state index in [0.29, 0.717) is 44.9 Å². The first-order valence-corrected chi connectivity index (χ1v) is 11.0. The minimum Gasteiger partial charge on any atom is -0.468 e. The standard InChI is InChI=1S/C24H20Cl3NO3/c1-12-21(24(30)31-2)22(14-5-8-17(26)18(27)9-14)23-19(28-12)10-15(11-20(23)29)13-3-6-16(25)7-4-13/h3-9,15,21-22H,10-11H2,1-2H3/t15-,21?,22-/m0/s1. The predicted molar refractivity (Wildman–Crippen MR) is 123 cm³/mol. The average Bonchev–Trinajstić information content (AvgIpc) is 2.74. The highest BCUT2D eigenvalue weighted by Crippen LogP contribution is 2.47. The summed E-state index contributed by atoms with van der Waals surface area (Å²) < 4.78 is 5.06. The molecule has 1 aliphatic heterocycles. The minimum absolute atomic E-state index is 0.00389. The number of allylic oxidation sites excluding steroid dienone is 2. The molecule has 3 atom stereocenters. The molecule has 0 saturated heterocycles. The lowest BCUT2D eigenvalue weighted by Gasteiger charge is -2.36. The molecule has 31 heavy (non-hydrogen) atoms. The number of aliphatic imine (C=N–C) groups is 1. The van der Waals surface area contributed by atoms with Crippen molar-refractivity contribution < 1.29 is 14.3 Å². The number of esters is 1. The van der Waals surface area contributed by atoms with Gasteiger partial charge in [-0.3, -0.25) is 14.6 Å². The van der Waals surface area contributed by atoms with Gasteiger partial charge in [0.1, 0.15) is 5.92 Å². The maximum Gasteiger partial charge on any atom is 0.315 e. The smallest absolute Gasteiger partial charge is 0.315 e. The van der Waals surface area contributed by atoms with Gasteiger partial charge in [0, 0.05) is 34.3 Å². The molecule has 7 heteroatoms. The first kappa shape index (κ1) is 22.1. The zero-order chi connectivity index (χ0) is 22.3. The van der Waals surface area contributed by atoms with Gasteiger partial charge in [-0.1, -0.05) is 53.0 Å². The second kappa shape index (κ2) is 8.78. The molecule has 2 aliphatic rings. The van der Waals surface area contributed by atoms with Crippen LogP contribution in [0.1, 0.15) is 42.7 Å². The Balaban J connectivity index is 1.82. The van der Waals surface area contributed by atoms with E-state index in [2.05, 4.69) is 0 Å². The molecule has 2 aromatic carbocycles. The molecule has 4 nitrogen and oxygen atoms in total. The van der Waals surface area contributed by atoms with Crippen molar-refractivity contribution in [1.29, 1.82) is 0 Å². The van der Waals surface area contributed by atoms with Crippen molar-refractivity contribution in [3.8, 4) is 0 Å². The summed E-state index contributed by atoms with van der Waals surface area (Å²) in [7, 11) is 1.34. The number of methoxy groups -OCH3 is 1. The van der Waals surface area contributed by atoms with Gasteiger partial charge in [0.05, 0.1) is 17.2 Å². The fourth-order valence-electron chi connectivity index (χ4n) is 4.53. The van der Waals surface area contributed by atoms with Gasteiger partial charge in [-0.15, -0.1) is 0 Å². The van der Waals surface area contributed by atoms with Crippen LogP contribution in [0.25, 0.3) is 0 Å². The quantitative estimate of drug-likeness (QED) is 0.482. The highest BCUT2D eigenvalue weighted by molar-refractivity contribution is 6.42. The molecule has 0 bridgehead atoms. The van der Waals surface area contributed by atoms with E-state index in [-0.39, 0.29) is 11.7 Å². The Hall–Kier alpha value is -2.14. The molecule has 1 heterocycles. The highest BCUT2D eigenvalue weighted by atomic mass is 35.5. The fourth-order valence-corrected chi connectivity index (χ4v) is 4.96. The maximum atomic E-state index is 13.4. The lowest BCUT2D eigenvalue weighted by Crippen LogP contribution is -2.37. The Labute approximate surface area is 195 Å². The van der Waals surface area contributed by atoms with Crippen molar-refractivity contribution in [3.63, 3.8) is 0 Å². The largest absolute Gasteiger partial charge is 0.468 e. The molecule has 0 radical (unpaired) electrons. The van der Waals surface area contributed by atoms with E-state index in [0.717, 1.165) is 11.1 Å². The molecule has 1 aliphatic carbocycles. The normalized spacial score (nSPS) is 23.3. The van der Waals surface area contributed by atoms with Crippen molar-refractivity contribution in [3.05, 3.63) is 79.9 Å². The van der Waals surface area contributed by atoms with Crippen LogP contribution in [0.2, 0.25) is 15.1 Å². The summed E-state index contributed by atoms with van der Waals surface area (Å²) in [5, 5.41) is 1.43. The summed E-state index contributed by atoms with van der Waals surface area (Å²) in [4.78, 5) is 30.8.